The maximum absolute atomic E-state index is 11.2. The van der Waals surface area contributed by atoms with Crippen molar-refractivity contribution in [3.05, 3.63) is 0 Å². The van der Waals surface area contributed by atoms with Gasteiger partial charge in [-0.05, 0) is 12.8 Å². The van der Waals surface area contributed by atoms with Gasteiger partial charge in [0.25, 0.3) is 0 Å². The first kappa shape index (κ1) is 11.9. The van der Waals surface area contributed by atoms with Gasteiger partial charge >= 0.3 is 0 Å². The quantitative estimate of drug-likeness (QED) is 0.715. The third kappa shape index (κ3) is 3.94. The van der Waals surface area contributed by atoms with Crippen LogP contribution in [0.2, 0.25) is 0 Å². The summed E-state index contributed by atoms with van der Waals surface area (Å²) in [4.78, 5) is 12.9. The first-order valence-corrected chi connectivity index (χ1v) is 5.89. The zero-order valence-electron chi connectivity index (χ0n) is 8.37. The van der Waals surface area contributed by atoms with Crippen molar-refractivity contribution >= 4 is 21.8 Å². The van der Waals surface area contributed by atoms with Gasteiger partial charge in [0.15, 0.2) is 6.29 Å². The minimum atomic E-state index is -0.259. The Bertz CT molecular complexity index is 181. The highest BCUT2D eigenvalue weighted by atomic mass is 79.9. The van der Waals surface area contributed by atoms with E-state index in [0.717, 1.165) is 26.1 Å². The van der Waals surface area contributed by atoms with Crippen molar-refractivity contribution in [2.75, 3.05) is 32.1 Å². The highest BCUT2D eigenvalue weighted by Gasteiger charge is 2.17. The van der Waals surface area contributed by atoms with Gasteiger partial charge < -0.3 is 14.4 Å². The average Bonchev–Trinajstić information content (AvgIpc) is 2.45. The third-order valence-electron chi connectivity index (χ3n) is 2.11. The number of hydrogen-bond donors (Lipinski definition) is 0. The highest BCUT2D eigenvalue weighted by molar-refractivity contribution is 9.09. The number of carbonyl (C=O) groups excluding carboxylic acids is 1. The fourth-order valence-corrected chi connectivity index (χ4v) is 1.64. The van der Waals surface area contributed by atoms with E-state index in [9.17, 15) is 4.79 Å². The van der Waals surface area contributed by atoms with E-state index in [4.69, 9.17) is 9.47 Å². The fourth-order valence-electron chi connectivity index (χ4n) is 1.21. The molecular weight excluding hydrogens is 250 g/mol. The van der Waals surface area contributed by atoms with Crippen LogP contribution in [-0.2, 0) is 14.3 Å². The lowest BCUT2D eigenvalue weighted by atomic mass is 10.3. The van der Waals surface area contributed by atoms with Crippen LogP contribution in [-0.4, -0.2) is 49.2 Å². The minimum absolute atomic E-state index is 0.0430. The van der Waals surface area contributed by atoms with Crippen molar-refractivity contribution in [3.63, 3.8) is 0 Å². The van der Waals surface area contributed by atoms with E-state index >= 15 is 0 Å². The molecule has 0 aromatic heterocycles. The first-order chi connectivity index (χ1) is 6.74. The largest absolute Gasteiger partial charge is 0.351 e. The van der Waals surface area contributed by atoms with Crippen LogP contribution in [0.3, 0.4) is 0 Å². The molecule has 0 saturated carbocycles. The van der Waals surface area contributed by atoms with Gasteiger partial charge in [-0.2, -0.15) is 0 Å². The van der Waals surface area contributed by atoms with E-state index in [0.29, 0.717) is 11.9 Å². The van der Waals surface area contributed by atoms with Crippen molar-refractivity contribution in [1.82, 2.24) is 4.90 Å². The molecule has 0 spiro atoms. The zero-order chi connectivity index (χ0) is 10.4. The molecule has 4 nitrogen and oxygen atoms in total. The molecule has 1 rings (SSSR count). The second-order valence-electron chi connectivity index (χ2n) is 3.29. The lowest BCUT2D eigenvalue weighted by molar-refractivity contribution is -0.149. The number of carbonyl (C=O) groups is 1. The van der Waals surface area contributed by atoms with Gasteiger partial charge in [-0.15, -0.1) is 0 Å². The van der Waals surface area contributed by atoms with E-state index in [1.54, 1.807) is 11.9 Å². The normalized spacial score (nSPS) is 19.0. The molecule has 82 valence electrons. The summed E-state index contributed by atoms with van der Waals surface area (Å²) in [6.45, 7) is 1.95. The van der Waals surface area contributed by atoms with E-state index in [-0.39, 0.29) is 12.2 Å². The monoisotopic (exact) mass is 265 g/mol. The predicted octanol–water partition coefficient (Wildman–Crippen LogP) is 0.993. The second-order valence-corrected chi connectivity index (χ2v) is 3.85. The van der Waals surface area contributed by atoms with Crippen LogP contribution in [0.25, 0.3) is 0 Å². The van der Waals surface area contributed by atoms with E-state index in [1.165, 1.54) is 0 Å². The Labute approximate surface area is 92.7 Å². The maximum Gasteiger partial charge on any atom is 0.233 e. The topological polar surface area (TPSA) is 38.8 Å². The summed E-state index contributed by atoms with van der Waals surface area (Å²) >= 11 is 3.12. The number of ether oxygens (including phenoxy) is 2. The summed E-state index contributed by atoms with van der Waals surface area (Å²) in [5.74, 6) is 0.0430. The summed E-state index contributed by atoms with van der Waals surface area (Å²) in [5, 5.41) is 0.343. The molecule has 14 heavy (non-hydrogen) atoms. The molecule has 0 bridgehead atoms. The van der Waals surface area contributed by atoms with E-state index in [2.05, 4.69) is 15.9 Å². The number of alkyl halides is 1. The Hall–Kier alpha value is -0.130. The maximum atomic E-state index is 11.2. The van der Waals surface area contributed by atoms with Crippen LogP contribution >= 0.6 is 15.9 Å². The van der Waals surface area contributed by atoms with Crippen molar-refractivity contribution in [3.8, 4) is 0 Å². The first-order valence-electron chi connectivity index (χ1n) is 4.77. The van der Waals surface area contributed by atoms with Crippen LogP contribution in [0.5, 0.6) is 0 Å². The van der Waals surface area contributed by atoms with Crippen LogP contribution in [0.15, 0.2) is 0 Å². The molecule has 1 aliphatic rings. The lowest BCUT2D eigenvalue weighted by Crippen LogP contribution is -2.37. The Balaban J connectivity index is 2.30. The van der Waals surface area contributed by atoms with Crippen molar-refractivity contribution in [1.29, 1.82) is 0 Å². The molecule has 0 unspecified atom stereocenters. The SMILES string of the molecule is CN(CC1OCCCCO1)C(=O)CBr. The summed E-state index contributed by atoms with van der Waals surface area (Å²) in [6.07, 6.45) is 1.81. The molecule has 0 atom stereocenters. The highest BCUT2D eigenvalue weighted by Crippen LogP contribution is 2.07. The Kier molecular flexibility index (Phi) is 5.44. The molecule has 1 fully saturated rings. The van der Waals surface area contributed by atoms with Crippen LogP contribution < -0.4 is 0 Å². The van der Waals surface area contributed by atoms with Gasteiger partial charge in [-0.3, -0.25) is 4.79 Å². The predicted molar refractivity (Wildman–Crippen MR) is 56.4 cm³/mol. The Morgan fingerprint density at radius 2 is 2.00 bits per heavy atom. The van der Waals surface area contributed by atoms with Gasteiger partial charge in [0.05, 0.1) is 11.9 Å². The number of nitrogens with zero attached hydrogens (tertiary/aromatic N) is 1. The van der Waals surface area contributed by atoms with Crippen LogP contribution in [0.1, 0.15) is 12.8 Å². The Morgan fingerprint density at radius 1 is 1.43 bits per heavy atom. The number of amides is 1. The zero-order valence-corrected chi connectivity index (χ0v) is 9.96. The molecule has 5 heteroatoms. The third-order valence-corrected chi connectivity index (χ3v) is 2.59. The van der Waals surface area contributed by atoms with Crippen molar-refractivity contribution < 1.29 is 14.3 Å². The van der Waals surface area contributed by atoms with E-state index < -0.39 is 0 Å². The van der Waals surface area contributed by atoms with Gasteiger partial charge in [0.1, 0.15) is 0 Å². The molecule has 0 radical (unpaired) electrons. The molecule has 0 aliphatic carbocycles. The summed E-state index contributed by atoms with van der Waals surface area (Å²) in [5.41, 5.74) is 0. The second kappa shape index (κ2) is 6.37. The standard InChI is InChI=1S/C9H16BrNO3/c1-11(8(12)6-10)7-9-13-4-2-3-5-14-9/h9H,2-7H2,1H3. The molecule has 0 aromatic carbocycles. The number of hydrogen-bond acceptors (Lipinski definition) is 3. The van der Waals surface area contributed by atoms with Gasteiger partial charge in [0.2, 0.25) is 5.91 Å². The van der Waals surface area contributed by atoms with Gasteiger partial charge in [-0.25, -0.2) is 0 Å². The number of likely N-dealkylation sites (N-methyl/N-ethyl adjacent to an activating group) is 1. The average molecular weight is 266 g/mol. The molecule has 1 amide bonds. The molecule has 1 saturated heterocycles. The summed E-state index contributed by atoms with van der Waals surface area (Å²) in [7, 11) is 1.75. The fraction of sp³-hybridized carbons (Fsp3) is 0.889. The summed E-state index contributed by atoms with van der Waals surface area (Å²) in [6, 6.07) is 0. The van der Waals surface area contributed by atoms with Crippen LogP contribution in [0, 0.1) is 0 Å². The van der Waals surface area contributed by atoms with Crippen LogP contribution in [0.4, 0.5) is 0 Å². The minimum Gasteiger partial charge on any atom is -0.351 e. The van der Waals surface area contributed by atoms with Gasteiger partial charge in [-0.1, -0.05) is 15.9 Å². The number of rotatable bonds is 3. The molecule has 0 aromatic rings. The lowest BCUT2D eigenvalue weighted by Gasteiger charge is -2.22. The van der Waals surface area contributed by atoms with Crippen molar-refractivity contribution in [2.45, 2.75) is 19.1 Å². The molecular formula is C9H16BrNO3. The summed E-state index contributed by atoms with van der Waals surface area (Å²) < 4.78 is 10.9. The molecule has 1 heterocycles. The van der Waals surface area contributed by atoms with E-state index in [1.807, 2.05) is 0 Å². The smallest absolute Gasteiger partial charge is 0.233 e. The number of halogens is 1. The van der Waals surface area contributed by atoms with Gasteiger partial charge in [0, 0.05) is 20.3 Å². The molecule has 0 N–H and O–H groups in total. The molecule has 1 aliphatic heterocycles. The van der Waals surface area contributed by atoms with Crippen molar-refractivity contribution in [2.24, 2.45) is 0 Å². The Morgan fingerprint density at radius 3 is 2.50 bits per heavy atom.